The quantitative estimate of drug-likeness (QED) is 0.785. The van der Waals surface area contributed by atoms with Crippen molar-refractivity contribution in [1.82, 2.24) is 5.32 Å². The molecule has 0 saturated heterocycles. The smallest absolute Gasteiger partial charge is 0.320 e. The number of amides is 2. The van der Waals surface area contributed by atoms with E-state index in [1.807, 2.05) is 0 Å². The van der Waals surface area contributed by atoms with Gasteiger partial charge in [-0.25, -0.2) is 4.79 Å². The van der Waals surface area contributed by atoms with Crippen molar-refractivity contribution in [3.63, 3.8) is 0 Å². The molecule has 4 nitrogen and oxygen atoms in total. The first-order valence-electron chi connectivity index (χ1n) is 4.00. The number of anilines is 1. The highest BCUT2D eigenvalue weighted by Crippen LogP contribution is 2.25. The maximum absolute atomic E-state index is 11.1. The molecule has 1 aromatic carbocycles. The summed E-state index contributed by atoms with van der Waals surface area (Å²) < 4.78 is 0. The number of hydrogen-bond acceptors (Lipinski definition) is 2. The molecule has 1 aromatic rings. The average molecular weight is 244 g/mol. The fraction of sp³-hybridized carbons (Fsp3) is 0.111. The van der Waals surface area contributed by atoms with E-state index in [2.05, 4.69) is 10.6 Å². The van der Waals surface area contributed by atoms with Gasteiger partial charge in [-0.05, 0) is 18.2 Å². The molecule has 2 N–H and O–H groups in total. The van der Waals surface area contributed by atoms with Crippen molar-refractivity contribution < 1.29 is 4.79 Å². The lowest BCUT2D eigenvalue weighted by atomic mass is 10.3. The topological polar surface area (TPSA) is 64.9 Å². The molecule has 0 atom stereocenters. The molecule has 0 aliphatic rings. The Morgan fingerprint density at radius 1 is 1.47 bits per heavy atom. The first-order valence-corrected chi connectivity index (χ1v) is 4.76. The van der Waals surface area contributed by atoms with Gasteiger partial charge in [-0.1, -0.05) is 23.2 Å². The Kier molecular flexibility index (Phi) is 4.22. The maximum atomic E-state index is 11.1. The molecule has 0 fully saturated rings. The third-order valence-electron chi connectivity index (χ3n) is 1.51. The Morgan fingerprint density at radius 2 is 2.20 bits per heavy atom. The molecule has 0 aliphatic carbocycles. The SMILES string of the molecule is N#CCNC(=O)Nc1ccc(Cl)cc1Cl. The summed E-state index contributed by atoms with van der Waals surface area (Å²) in [5.41, 5.74) is 0.441. The number of urea groups is 1. The van der Waals surface area contributed by atoms with Crippen LogP contribution < -0.4 is 10.6 Å². The third kappa shape index (κ3) is 3.66. The van der Waals surface area contributed by atoms with E-state index in [-0.39, 0.29) is 6.54 Å². The van der Waals surface area contributed by atoms with Gasteiger partial charge in [0.1, 0.15) is 6.54 Å². The van der Waals surface area contributed by atoms with Gasteiger partial charge in [-0.15, -0.1) is 0 Å². The second-order valence-corrected chi connectivity index (χ2v) is 3.43. The van der Waals surface area contributed by atoms with Crippen LogP contribution in [0.1, 0.15) is 0 Å². The van der Waals surface area contributed by atoms with Gasteiger partial charge in [0.05, 0.1) is 16.8 Å². The van der Waals surface area contributed by atoms with Crippen molar-refractivity contribution >= 4 is 34.9 Å². The van der Waals surface area contributed by atoms with Gasteiger partial charge >= 0.3 is 6.03 Å². The van der Waals surface area contributed by atoms with Crippen molar-refractivity contribution in [3.8, 4) is 6.07 Å². The van der Waals surface area contributed by atoms with E-state index in [0.29, 0.717) is 15.7 Å². The zero-order chi connectivity index (χ0) is 11.3. The fourth-order valence-corrected chi connectivity index (χ4v) is 1.33. The van der Waals surface area contributed by atoms with Crippen LogP contribution in [0.3, 0.4) is 0 Å². The molecule has 0 saturated carbocycles. The number of nitriles is 1. The molecule has 0 spiro atoms. The number of carbonyl (C=O) groups is 1. The minimum atomic E-state index is -0.485. The van der Waals surface area contributed by atoms with E-state index >= 15 is 0 Å². The van der Waals surface area contributed by atoms with Crippen molar-refractivity contribution in [3.05, 3.63) is 28.2 Å². The van der Waals surface area contributed by atoms with Gasteiger partial charge in [0, 0.05) is 5.02 Å². The Balaban J connectivity index is 2.65. The van der Waals surface area contributed by atoms with Gasteiger partial charge in [0.25, 0.3) is 0 Å². The summed E-state index contributed by atoms with van der Waals surface area (Å²) in [6.45, 7) is -0.0585. The highest BCUT2D eigenvalue weighted by Gasteiger charge is 2.04. The van der Waals surface area contributed by atoms with Gasteiger partial charge in [0.2, 0.25) is 0 Å². The minimum Gasteiger partial charge on any atom is -0.325 e. The molecule has 78 valence electrons. The summed E-state index contributed by atoms with van der Waals surface area (Å²) in [5.74, 6) is 0. The standard InChI is InChI=1S/C9H7Cl2N3O/c10-6-1-2-8(7(11)5-6)14-9(15)13-4-3-12/h1-2,5H,4H2,(H2,13,14,15). The van der Waals surface area contributed by atoms with E-state index < -0.39 is 6.03 Å². The zero-order valence-corrected chi connectivity index (χ0v) is 9.06. The van der Waals surface area contributed by atoms with E-state index in [4.69, 9.17) is 28.5 Å². The molecular formula is C9H7Cl2N3O. The Hall–Kier alpha value is -1.44. The first-order chi connectivity index (χ1) is 7.13. The van der Waals surface area contributed by atoms with Crippen LogP contribution in [0, 0.1) is 11.3 Å². The Morgan fingerprint density at radius 3 is 2.80 bits per heavy atom. The summed E-state index contributed by atoms with van der Waals surface area (Å²) >= 11 is 11.5. The molecule has 0 aliphatic heterocycles. The molecule has 0 radical (unpaired) electrons. The van der Waals surface area contributed by atoms with Crippen LogP contribution in [0.5, 0.6) is 0 Å². The van der Waals surface area contributed by atoms with Gasteiger partial charge in [-0.2, -0.15) is 5.26 Å². The van der Waals surface area contributed by atoms with E-state index in [1.54, 1.807) is 18.2 Å². The van der Waals surface area contributed by atoms with Crippen LogP contribution in [-0.4, -0.2) is 12.6 Å². The van der Waals surface area contributed by atoms with Gasteiger partial charge in [-0.3, -0.25) is 0 Å². The number of benzene rings is 1. The average Bonchev–Trinajstić information content (AvgIpc) is 2.19. The minimum absolute atomic E-state index is 0.0585. The number of carbonyl (C=O) groups excluding carboxylic acids is 1. The molecule has 6 heteroatoms. The summed E-state index contributed by atoms with van der Waals surface area (Å²) in [7, 11) is 0. The van der Waals surface area contributed by atoms with Gasteiger partial charge < -0.3 is 10.6 Å². The normalized spacial score (nSPS) is 9.13. The number of hydrogen-bond donors (Lipinski definition) is 2. The number of nitrogens with zero attached hydrogens (tertiary/aromatic N) is 1. The summed E-state index contributed by atoms with van der Waals surface area (Å²) in [6.07, 6.45) is 0. The number of halogens is 2. The van der Waals surface area contributed by atoms with Crippen LogP contribution in [-0.2, 0) is 0 Å². The molecule has 15 heavy (non-hydrogen) atoms. The molecule has 0 aromatic heterocycles. The Bertz CT molecular complexity index is 414. The predicted molar refractivity (Wildman–Crippen MR) is 59.1 cm³/mol. The van der Waals surface area contributed by atoms with E-state index in [9.17, 15) is 4.79 Å². The largest absolute Gasteiger partial charge is 0.325 e. The van der Waals surface area contributed by atoms with Crippen molar-refractivity contribution in [2.45, 2.75) is 0 Å². The van der Waals surface area contributed by atoms with E-state index in [0.717, 1.165) is 0 Å². The molecule has 1 rings (SSSR count). The third-order valence-corrected chi connectivity index (χ3v) is 2.06. The van der Waals surface area contributed by atoms with Crippen molar-refractivity contribution in [1.29, 1.82) is 5.26 Å². The maximum Gasteiger partial charge on any atom is 0.320 e. The van der Waals surface area contributed by atoms with Crippen molar-refractivity contribution in [2.75, 3.05) is 11.9 Å². The van der Waals surface area contributed by atoms with E-state index in [1.165, 1.54) is 6.07 Å². The molecule has 2 amide bonds. The highest BCUT2D eigenvalue weighted by molar-refractivity contribution is 6.36. The fourth-order valence-electron chi connectivity index (χ4n) is 0.877. The molecule has 0 unspecified atom stereocenters. The summed E-state index contributed by atoms with van der Waals surface area (Å²) in [6, 6.07) is 6.00. The second-order valence-electron chi connectivity index (χ2n) is 2.59. The number of nitrogens with one attached hydrogen (secondary N) is 2. The first kappa shape index (κ1) is 11.6. The monoisotopic (exact) mass is 243 g/mol. The van der Waals surface area contributed by atoms with Crippen LogP contribution in [0.4, 0.5) is 10.5 Å². The zero-order valence-electron chi connectivity index (χ0n) is 7.55. The lowest BCUT2D eigenvalue weighted by molar-refractivity contribution is 0.253. The van der Waals surface area contributed by atoms with Gasteiger partial charge in [0.15, 0.2) is 0 Å². The van der Waals surface area contributed by atoms with Crippen molar-refractivity contribution in [2.24, 2.45) is 0 Å². The van der Waals surface area contributed by atoms with Crippen LogP contribution >= 0.6 is 23.2 Å². The molecular weight excluding hydrogens is 237 g/mol. The molecule has 0 heterocycles. The predicted octanol–water partition coefficient (Wildman–Crippen LogP) is 2.64. The lowest BCUT2D eigenvalue weighted by Gasteiger charge is -2.06. The van der Waals surface area contributed by atoms with Crippen LogP contribution in [0.15, 0.2) is 18.2 Å². The lowest BCUT2D eigenvalue weighted by Crippen LogP contribution is -2.28. The number of rotatable bonds is 2. The highest BCUT2D eigenvalue weighted by atomic mass is 35.5. The van der Waals surface area contributed by atoms with Crippen LogP contribution in [0.25, 0.3) is 0 Å². The summed E-state index contributed by atoms with van der Waals surface area (Å²) in [4.78, 5) is 11.1. The van der Waals surface area contributed by atoms with Crippen LogP contribution in [0.2, 0.25) is 10.0 Å². The second kappa shape index (κ2) is 5.44. The molecule has 0 bridgehead atoms. The summed E-state index contributed by atoms with van der Waals surface area (Å²) in [5, 5.41) is 13.9. The Labute approximate surface area is 96.8 Å².